The van der Waals surface area contributed by atoms with Crippen LogP contribution in [0.15, 0.2) is 42.5 Å². The van der Waals surface area contributed by atoms with E-state index in [9.17, 15) is 4.79 Å². The van der Waals surface area contributed by atoms with Crippen molar-refractivity contribution in [2.75, 3.05) is 0 Å². The number of fused-ring (bicyclic) bond motifs is 2. The van der Waals surface area contributed by atoms with Crippen molar-refractivity contribution in [1.82, 2.24) is 0 Å². The molecule has 2 bridgehead atoms. The van der Waals surface area contributed by atoms with Crippen LogP contribution in [-0.4, -0.2) is 5.78 Å². The normalized spacial score (nSPS) is 31.1. The highest BCUT2D eigenvalue weighted by Crippen LogP contribution is 2.65. The predicted octanol–water partition coefficient (Wildman–Crippen LogP) is 4.56. The summed E-state index contributed by atoms with van der Waals surface area (Å²) in [5.74, 6) is 0.777. The minimum absolute atomic E-state index is 0.102. The van der Waals surface area contributed by atoms with E-state index in [1.807, 2.05) is 18.2 Å². The molecule has 2 aliphatic rings. The number of Topliss-reactive ketones (excluding diaryl/α,β-unsaturated/α-hetero) is 1. The summed E-state index contributed by atoms with van der Waals surface area (Å²) in [6, 6.07) is 10.3. The summed E-state index contributed by atoms with van der Waals surface area (Å²) in [6.07, 6.45) is 2.22. The number of aryl methyl sites for hydroxylation is 1. The Kier molecular flexibility index (Phi) is 3.42. The first-order chi connectivity index (χ1) is 8.80. The lowest BCUT2D eigenvalue weighted by Gasteiger charge is -2.31. The Hall–Kier alpha value is -1.37. The van der Waals surface area contributed by atoms with Gasteiger partial charge in [0.15, 0.2) is 5.78 Å². The fraction of sp³-hybridized carbons (Fsp3) is 0.500. The maximum absolute atomic E-state index is 11.8. The molecule has 0 N–H and O–H groups in total. The van der Waals surface area contributed by atoms with E-state index in [1.165, 1.54) is 5.56 Å². The van der Waals surface area contributed by atoms with Crippen LogP contribution in [0.5, 0.6) is 0 Å². The molecule has 2 unspecified atom stereocenters. The molecule has 0 radical (unpaired) electrons. The fourth-order valence-electron chi connectivity index (χ4n) is 3.56. The largest absolute Gasteiger partial charge is 0.294 e. The first-order valence-corrected chi connectivity index (χ1v) is 7.06. The summed E-state index contributed by atoms with van der Waals surface area (Å²) in [5, 5.41) is 0. The molecule has 2 fully saturated rings. The quantitative estimate of drug-likeness (QED) is 0.622. The first-order valence-electron chi connectivity index (χ1n) is 7.06. The van der Waals surface area contributed by atoms with Crippen LogP contribution in [0.1, 0.15) is 39.2 Å². The number of carbonyl (C=O) groups excluding carboxylic acids is 1. The van der Waals surface area contributed by atoms with Gasteiger partial charge in [0.25, 0.3) is 0 Å². The van der Waals surface area contributed by atoms with Crippen LogP contribution >= 0.6 is 0 Å². The topological polar surface area (TPSA) is 17.1 Å². The number of hydrogen-bond acceptors (Lipinski definition) is 1. The van der Waals surface area contributed by atoms with Gasteiger partial charge in [-0.1, -0.05) is 63.2 Å². The summed E-state index contributed by atoms with van der Waals surface area (Å²) in [6.45, 7) is 12.5. The van der Waals surface area contributed by atoms with E-state index < -0.39 is 0 Å². The highest BCUT2D eigenvalue weighted by atomic mass is 16.1. The smallest absolute Gasteiger partial charge is 0.164 e. The van der Waals surface area contributed by atoms with Crippen molar-refractivity contribution in [2.45, 2.75) is 40.5 Å². The average molecular weight is 256 g/mol. The second-order valence-corrected chi connectivity index (χ2v) is 6.65. The molecular formula is C18H24O. The molecule has 0 spiro atoms. The van der Waals surface area contributed by atoms with Gasteiger partial charge in [-0.15, -0.1) is 0 Å². The van der Waals surface area contributed by atoms with Crippen molar-refractivity contribution in [3.63, 3.8) is 0 Å². The summed E-state index contributed by atoms with van der Waals surface area (Å²) in [5.41, 5.74) is 2.26. The highest BCUT2D eigenvalue weighted by Gasteiger charge is 2.63. The molecule has 2 aliphatic carbocycles. The zero-order valence-corrected chi connectivity index (χ0v) is 12.5. The second-order valence-electron chi connectivity index (χ2n) is 6.65. The third kappa shape index (κ3) is 2.05. The zero-order chi connectivity index (χ0) is 14.3. The van der Waals surface area contributed by atoms with Crippen molar-refractivity contribution in [3.8, 4) is 0 Å². The number of ketones is 1. The van der Waals surface area contributed by atoms with Crippen molar-refractivity contribution in [3.05, 3.63) is 48.0 Å². The van der Waals surface area contributed by atoms with Crippen LogP contribution < -0.4 is 0 Å². The van der Waals surface area contributed by atoms with Gasteiger partial charge in [0, 0.05) is 5.41 Å². The minimum atomic E-state index is -0.102. The van der Waals surface area contributed by atoms with Gasteiger partial charge >= 0.3 is 0 Å². The molecule has 0 heterocycles. The van der Waals surface area contributed by atoms with Gasteiger partial charge in [-0.3, -0.25) is 4.79 Å². The van der Waals surface area contributed by atoms with Crippen LogP contribution in [0.4, 0.5) is 0 Å². The molecule has 1 aromatic carbocycles. The van der Waals surface area contributed by atoms with Crippen LogP contribution in [0, 0.1) is 23.7 Å². The Labute approximate surface area is 116 Å². The molecule has 102 valence electrons. The monoisotopic (exact) mass is 256 g/mol. The molecule has 1 nitrogen and oxygen atoms in total. The number of carbonyl (C=O) groups is 1. The number of benzene rings is 1. The predicted molar refractivity (Wildman–Crippen MR) is 79.9 cm³/mol. The maximum Gasteiger partial charge on any atom is 0.164 e. The van der Waals surface area contributed by atoms with Crippen LogP contribution in [0.25, 0.3) is 0 Å². The molecule has 0 saturated heterocycles. The van der Waals surface area contributed by atoms with Gasteiger partial charge in [0.2, 0.25) is 0 Å². The highest BCUT2D eigenvalue weighted by molar-refractivity contribution is 6.04. The first kappa shape index (κ1) is 14.0. The molecule has 0 amide bonds. The van der Waals surface area contributed by atoms with Crippen molar-refractivity contribution in [2.24, 2.45) is 16.7 Å². The van der Waals surface area contributed by atoms with E-state index >= 15 is 0 Å². The summed E-state index contributed by atoms with van der Waals surface area (Å²) < 4.78 is 0. The lowest BCUT2D eigenvalue weighted by molar-refractivity contribution is -0.125. The van der Waals surface area contributed by atoms with E-state index in [-0.39, 0.29) is 10.8 Å². The van der Waals surface area contributed by atoms with Crippen molar-refractivity contribution >= 4 is 5.78 Å². The summed E-state index contributed by atoms with van der Waals surface area (Å²) >= 11 is 0. The lowest BCUT2D eigenvalue weighted by Crippen LogP contribution is -2.32. The van der Waals surface area contributed by atoms with Crippen molar-refractivity contribution < 1.29 is 4.79 Å². The molecule has 3 rings (SSSR count). The van der Waals surface area contributed by atoms with Crippen LogP contribution in [0.3, 0.4) is 0 Å². The van der Waals surface area contributed by atoms with Crippen molar-refractivity contribution in [1.29, 1.82) is 0 Å². The van der Waals surface area contributed by atoms with E-state index in [0.717, 1.165) is 18.4 Å². The minimum Gasteiger partial charge on any atom is -0.294 e. The van der Waals surface area contributed by atoms with Gasteiger partial charge in [-0.2, -0.15) is 0 Å². The fourth-order valence-corrected chi connectivity index (χ4v) is 3.56. The van der Waals surface area contributed by atoms with Gasteiger partial charge in [-0.05, 0) is 36.7 Å². The van der Waals surface area contributed by atoms with Gasteiger partial charge in [0.05, 0.1) is 0 Å². The van der Waals surface area contributed by atoms with E-state index in [4.69, 9.17) is 0 Å². The molecular weight excluding hydrogens is 232 g/mol. The molecule has 1 heteroatoms. The number of rotatable bonds is 0. The standard InChI is InChI=1S/C11H16O.C7H8/c1-7-8-5-6-11(4,9(7)12)10(8,2)3;1-7-5-3-2-4-6-7/h8H,1,5-6H2,2-4H3;2-6H,1H3. The van der Waals surface area contributed by atoms with E-state index in [1.54, 1.807) is 0 Å². The Bertz CT molecular complexity index is 498. The molecule has 1 aromatic rings. The van der Waals surface area contributed by atoms with E-state index in [2.05, 4.69) is 46.4 Å². The lowest BCUT2D eigenvalue weighted by atomic mass is 9.70. The number of allylic oxidation sites excluding steroid dienone is 1. The molecule has 0 aromatic heterocycles. The van der Waals surface area contributed by atoms with Crippen LogP contribution in [0.2, 0.25) is 0 Å². The third-order valence-corrected chi connectivity index (χ3v) is 5.38. The molecule has 19 heavy (non-hydrogen) atoms. The Morgan fingerprint density at radius 3 is 2.00 bits per heavy atom. The van der Waals surface area contributed by atoms with Gasteiger partial charge < -0.3 is 0 Å². The zero-order valence-electron chi connectivity index (χ0n) is 12.5. The SMILES string of the molecule is C=C1C(=O)C2(C)CCC1C2(C)C.Cc1ccccc1. The summed E-state index contributed by atoms with van der Waals surface area (Å²) in [7, 11) is 0. The molecule has 0 aliphatic heterocycles. The average Bonchev–Trinajstić information content (AvgIpc) is 2.66. The second kappa shape index (κ2) is 4.63. The van der Waals surface area contributed by atoms with E-state index in [0.29, 0.717) is 11.7 Å². The van der Waals surface area contributed by atoms with Crippen LogP contribution in [-0.2, 0) is 4.79 Å². The van der Waals surface area contributed by atoms with Gasteiger partial charge in [0.1, 0.15) is 0 Å². The Morgan fingerprint density at radius 2 is 1.74 bits per heavy atom. The Morgan fingerprint density at radius 1 is 1.16 bits per heavy atom. The van der Waals surface area contributed by atoms with Gasteiger partial charge in [-0.25, -0.2) is 0 Å². The maximum atomic E-state index is 11.8. The molecule has 2 atom stereocenters. The Balaban J connectivity index is 0.000000163. The molecule has 2 saturated carbocycles. The number of hydrogen-bond donors (Lipinski definition) is 0. The summed E-state index contributed by atoms with van der Waals surface area (Å²) in [4.78, 5) is 11.8. The third-order valence-electron chi connectivity index (χ3n) is 5.38.